The van der Waals surface area contributed by atoms with Crippen molar-refractivity contribution in [1.29, 1.82) is 0 Å². The molecular weight excluding hydrogens is 272 g/mol. The van der Waals surface area contributed by atoms with E-state index in [9.17, 15) is 9.90 Å². The molecule has 1 heterocycles. The minimum atomic E-state index is -0.885. The van der Waals surface area contributed by atoms with Gasteiger partial charge in [-0.25, -0.2) is 0 Å². The molecule has 0 spiro atoms. The lowest BCUT2D eigenvalue weighted by molar-refractivity contribution is -0.0734. The van der Waals surface area contributed by atoms with Crippen molar-refractivity contribution < 1.29 is 19.4 Å². The molecule has 2 rings (SSSR count). The minimum absolute atomic E-state index is 0.213. The number of anilines is 1. The summed E-state index contributed by atoms with van der Waals surface area (Å²) >= 11 is 0. The summed E-state index contributed by atoms with van der Waals surface area (Å²) in [6.45, 7) is 1.30. The number of methoxy groups -OCH3 is 1. The number of aliphatic hydroxyl groups is 1. The van der Waals surface area contributed by atoms with Crippen molar-refractivity contribution in [3.63, 3.8) is 0 Å². The number of ether oxygens (including phenoxy) is 2. The predicted octanol–water partition coefficient (Wildman–Crippen LogP) is 0.891. The average Bonchev–Trinajstić information content (AvgIpc) is 2.46. The molecule has 0 unspecified atom stereocenters. The molecule has 1 aromatic carbocycles. The lowest BCUT2D eigenvalue weighted by Crippen LogP contribution is -2.47. The molecule has 1 amide bonds. The van der Waals surface area contributed by atoms with Gasteiger partial charge in [-0.1, -0.05) is 0 Å². The summed E-state index contributed by atoms with van der Waals surface area (Å²) in [6, 6.07) is 4.95. The molecule has 1 aliphatic heterocycles. The molecular formula is C15H22N2O4. The molecule has 0 bridgehead atoms. The maximum absolute atomic E-state index is 12.4. The van der Waals surface area contributed by atoms with Crippen LogP contribution in [0.3, 0.4) is 0 Å². The largest absolute Gasteiger partial charge is 0.497 e. The number of rotatable bonds is 4. The van der Waals surface area contributed by atoms with E-state index >= 15 is 0 Å². The van der Waals surface area contributed by atoms with Crippen LogP contribution in [0, 0.1) is 0 Å². The summed E-state index contributed by atoms with van der Waals surface area (Å²) in [5.41, 5.74) is 5.78. The zero-order valence-electron chi connectivity index (χ0n) is 12.5. The second-order valence-electron chi connectivity index (χ2n) is 5.45. The monoisotopic (exact) mass is 294 g/mol. The number of amides is 1. The average molecular weight is 294 g/mol. The van der Waals surface area contributed by atoms with Crippen LogP contribution in [0.15, 0.2) is 18.2 Å². The van der Waals surface area contributed by atoms with Crippen molar-refractivity contribution in [3.05, 3.63) is 23.8 Å². The number of carbonyl (C=O) groups excluding carboxylic acids is 1. The molecule has 21 heavy (non-hydrogen) atoms. The highest BCUT2D eigenvalue weighted by molar-refractivity contribution is 5.99. The first kappa shape index (κ1) is 15.6. The van der Waals surface area contributed by atoms with Crippen molar-refractivity contribution in [3.8, 4) is 5.75 Å². The first-order chi connectivity index (χ1) is 9.95. The molecule has 6 nitrogen and oxygen atoms in total. The summed E-state index contributed by atoms with van der Waals surface area (Å²) in [5, 5.41) is 10.5. The van der Waals surface area contributed by atoms with E-state index in [0.717, 1.165) is 0 Å². The first-order valence-corrected chi connectivity index (χ1v) is 6.94. The third kappa shape index (κ3) is 3.65. The van der Waals surface area contributed by atoms with Gasteiger partial charge in [0.2, 0.25) is 0 Å². The molecule has 0 saturated carbocycles. The molecule has 0 aliphatic carbocycles. The van der Waals surface area contributed by atoms with Gasteiger partial charge < -0.3 is 25.2 Å². The van der Waals surface area contributed by atoms with Crippen LogP contribution in [0.5, 0.6) is 5.75 Å². The van der Waals surface area contributed by atoms with Gasteiger partial charge in [0.25, 0.3) is 5.91 Å². The van der Waals surface area contributed by atoms with E-state index < -0.39 is 5.60 Å². The van der Waals surface area contributed by atoms with Crippen molar-refractivity contribution in [2.24, 2.45) is 0 Å². The SMILES string of the molecule is COc1ccc(C(=O)N(C)CC2(O)CCOCC2)c(N)c1. The quantitative estimate of drug-likeness (QED) is 0.806. The van der Waals surface area contributed by atoms with E-state index in [1.54, 1.807) is 32.4 Å². The number of nitrogen functional groups attached to an aromatic ring is 1. The molecule has 3 N–H and O–H groups in total. The van der Waals surface area contributed by atoms with Gasteiger partial charge in [-0.3, -0.25) is 4.79 Å². The third-order valence-electron chi connectivity index (χ3n) is 3.79. The normalized spacial score (nSPS) is 17.3. The lowest BCUT2D eigenvalue weighted by Gasteiger charge is -2.35. The van der Waals surface area contributed by atoms with Crippen LogP contribution in [0.1, 0.15) is 23.2 Å². The number of benzene rings is 1. The Balaban J connectivity index is 2.08. The highest BCUT2D eigenvalue weighted by atomic mass is 16.5. The van der Waals surface area contributed by atoms with Crippen LogP contribution in [-0.4, -0.2) is 55.4 Å². The fourth-order valence-corrected chi connectivity index (χ4v) is 2.49. The fourth-order valence-electron chi connectivity index (χ4n) is 2.49. The Morgan fingerprint density at radius 3 is 2.71 bits per heavy atom. The number of hydrogen-bond donors (Lipinski definition) is 2. The van der Waals surface area contributed by atoms with Crippen molar-refractivity contribution in [1.82, 2.24) is 4.90 Å². The lowest BCUT2D eigenvalue weighted by atomic mass is 9.93. The number of carbonyl (C=O) groups is 1. The van der Waals surface area contributed by atoms with Gasteiger partial charge in [0, 0.05) is 51.4 Å². The predicted molar refractivity (Wildman–Crippen MR) is 79.4 cm³/mol. The summed E-state index contributed by atoms with van der Waals surface area (Å²) in [6.07, 6.45) is 1.06. The Kier molecular flexibility index (Phi) is 4.69. The van der Waals surface area contributed by atoms with E-state index in [2.05, 4.69) is 0 Å². The molecule has 0 radical (unpaired) electrons. The van der Waals surface area contributed by atoms with E-state index in [-0.39, 0.29) is 12.5 Å². The zero-order chi connectivity index (χ0) is 15.5. The minimum Gasteiger partial charge on any atom is -0.497 e. The smallest absolute Gasteiger partial charge is 0.255 e. The van der Waals surface area contributed by atoms with Gasteiger partial charge >= 0.3 is 0 Å². The van der Waals surface area contributed by atoms with Crippen LogP contribution >= 0.6 is 0 Å². The molecule has 1 aliphatic rings. The molecule has 0 atom stereocenters. The number of nitrogens with zero attached hydrogens (tertiary/aromatic N) is 1. The Morgan fingerprint density at radius 2 is 2.14 bits per heavy atom. The molecule has 1 fully saturated rings. The number of hydrogen-bond acceptors (Lipinski definition) is 5. The third-order valence-corrected chi connectivity index (χ3v) is 3.79. The Hall–Kier alpha value is -1.79. The highest BCUT2D eigenvalue weighted by Gasteiger charge is 2.32. The number of nitrogens with two attached hydrogens (primary N) is 1. The second-order valence-corrected chi connectivity index (χ2v) is 5.45. The maximum atomic E-state index is 12.4. The van der Waals surface area contributed by atoms with Gasteiger partial charge in [-0.05, 0) is 12.1 Å². The highest BCUT2D eigenvalue weighted by Crippen LogP contribution is 2.24. The second kappa shape index (κ2) is 6.32. The van der Waals surface area contributed by atoms with Crippen molar-refractivity contribution in [2.45, 2.75) is 18.4 Å². The topological polar surface area (TPSA) is 85.0 Å². The van der Waals surface area contributed by atoms with E-state index in [1.165, 1.54) is 4.90 Å². The van der Waals surface area contributed by atoms with Crippen LogP contribution in [0.4, 0.5) is 5.69 Å². The fraction of sp³-hybridized carbons (Fsp3) is 0.533. The van der Waals surface area contributed by atoms with Crippen molar-refractivity contribution in [2.75, 3.05) is 39.6 Å². The molecule has 116 valence electrons. The zero-order valence-corrected chi connectivity index (χ0v) is 12.5. The van der Waals surface area contributed by atoms with Gasteiger partial charge in [0.15, 0.2) is 0 Å². The van der Waals surface area contributed by atoms with Crippen LogP contribution in [0.2, 0.25) is 0 Å². The Bertz CT molecular complexity index is 512. The van der Waals surface area contributed by atoms with E-state index in [0.29, 0.717) is 43.1 Å². The molecule has 1 saturated heterocycles. The molecule has 6 heteroatoms. The Labute approximate surface area is 124 Å². The summed E-state index contributed by atoms with van der Waals surface area (Å²) in [5.74, 6) is 0.393. The summed E-state index contributed by atoms with van der Waals surface area (Å²) in [4.78, 5) is 13.9. The van der Waals surface area contributed by atoms with Crippen LogP contribution < -0.4 is 10.5 Å². The van der Waals surface area contributed by atoms with Gasteiger partial charge in [-0.2, -0.15) is 0 Å². The van der Waals surface area contributed by atoms with E-state index in [1.807, 2.05) is 0 Å². The molecule has 1 aromatic rings. The summed E-state index contributed by atoms with van der Waals surface area (Å²) < 4.78 is 10.3. The van der Waals surface area contributed by atoms with Crippen LogP contribution in [0.25, 0.3) is 0 Å². The standard InChI is InChI=1S/C15H22N2O4/c1-17(10-15(19)5-7-21-8-6-15)14(18)12-4-3-11(20-2)9-13(12)16/h3-4,9,19H,5-8,10,16H2,1-2H3. The number of likely N-dealkylation sites (N-methyl/N-ethyl adjacent to an activating group) is 1. The van der Waals surface area contributed by atoms with Crippen LogP contribution in [-0.2, 0) is 4.74 Å². The molecule has 0 aromatic heterocycles. The van der Waals surface area contributed by atoms with E-state index in [4.69, 9.17) is 15.2 Å². The van der Waals surface area contributed by atoms with Gasteiger partial charge in [-0.15, -0.1) is 0 Å². The Morgan fingerprint density at radius 1 is 1.48 bits per heavy atom. The van der Waals surface area contributed by atoms with Crippen molar-refractivity contribution >= 4 is 11.6 Å². The first-order valence-electron chi connectivity index (χ1n) is 6.94. The maximum Gasteiger partial charge on any atom is 0.255 e. The van der Waals surface area contributed by atoms with Gasteiger partial charge in [0.1, 0.15) is 5.75 Å². The summed E-state index contributed by atoms with van der Waals surface area (Å²) in [7, 11) is 3.21. The van der Waals surface area contributed by atoms with Gasteiger partial charge in [0.05, 0.1) is 18.3 Å².